The molecule has 0 unspecified atom stereocenters. The van der Waals surface area contributed by atoms with Gasteiger partial charge in [0.05, 0.1) is 11.9 Å². The molecule has 22 heavy (non-hydrogen) atoms. The Labute approximate surface area is 135 Å². The van der Waals surface area contributed by atoms with Crippen molar-refractivity contribution in [2.24, 2.45) is 4.99 Å². The van der Waals surface area contributed by atoms with Crippen molar-refractivity contribution in [3.63, 3.8) is 0 Å². The molecule has 3 heteroatoms. The third-order valence-electron chi connectivity index (χ3n) is 3.75. The zero-order valence-electron chi connectivity index (χ0n) is 12.9. The van der Waals surface area contributed by atoms with Gasteiger partial charge in [0.1, 0.15) is 0 Å². The van der Waals surface area contributed by atoms with E-state index in [1.54, 1.807) is 0 Å². The maximum atomic E-state index is 6.22. The van der Waals surface area contributed by atoms with Crippen molar-refractivity contribution < 1.29 is 0 Å². The Hall–Kier alpha value is -1.90. The van der Waals surface area contributed by atoms with E-state index in [1.807, 2.05) is 12.1 Å². The van der Waals surface area contributed by atoms with Gasteiger partial charge in [-0.3, -0.25) is 4.99 Å². The van der Waals surface area contributed by atoms with Gasteiger partial charge in [0, 0.05) is 22.3 Å². The van der Waals surface area contributed by atoms with Crippen molar-refractivity contribution in [2.75, 3.05) is 27.2 Å². The Kier molecular flexibility index (Phi) is 4.41. The van der Waals surface area contributed by atoms with E-state index < -0.39 is 0 Å². The summed E-state index contributed by atoms with van der Waals surface area (Å²) in [6, 6.07) is 18.7. The van der Waals surface area contributed by atoms with Gasteiger partial charge in [0.15, 0.2) is 0 Å². The molecule has 0 aliphatic carbocycles. The van der Waals surface area contributed by atoms with E-state index >= 15 is 0 Å². The van der Waals surface area contributed by atoms with Crippen molar-refractivity contribution in [3.8, 4) is 0 Å². The summed E-state index contributed by atoms with van der Waals surface area (Å²) in [5.41, 5.74) is 0. The van der Waals surface area contributed by atoms with Crippen LogP contribution in [0.4, 0.5) is 0 Å². The minimum absolute atomic E-state index is 0.742. The Balaban J connectivity index is 2.37. The molecular weight excluding hydrogens is 292 g/mol. The van der Waals surface area contributed by atoms with Gasteiger partial charge in [-0.15, -0.1) is 0 Å². The molecule has 0 spiro atoms. The fraction of sp³-hybridized carbons (Fsp3) is 0.211. The molecule has 3 rings (SSSR count). The molecule has 0 heterocycles. The van der Waals surface area contributed by atoms with Gasteiger partial charge in [0.25, 0.3) is 0 Å². The largest absolute Gasteiger partial charge is 0.308 e. The summed E-state index contributed by atoms with van der Waals surface area (Å²) in [4.78, 5) is 7.03. The van der Waals surface area contributed by atoms with Gasteiger partial charge in [-0.25, -0.2) is 0 Å². The highest BCUT2D eigenvalue weighted by atomic mass is 35.5. The van der Waals surface area contributed by atoms with E-state index in [4.69, 9.17) is 16.6 Å². The predicted molar refractivity (Wildman–Crippen MR) is 95.4 cm³/mol. The predicted octanol–water partition coefficient (Wildman–Crippen LogP) is 4.11. The molecule has 3 aromatic carbocycles. The molecule has 2 nitrogen and oxygen atoms in total. The van der Waals surface area contributed by atoms with Crippen molar-refractivity contribution in [3.05, 3.63) is 65.0 Å². The second-order valence-corrected chi connectivity index (χ2v) is 6.12. The SMILES string of the molecule is CN(C)CCN=c1c2ccccc2ccc2ccc(Cl)cc12. The molecule has 0 aliphatic heterocycles. The van der Waals surface area contributed by atoms with Crippen LogP contribution in [0.2, 0.25) is 5.02 Å². The Morgan fingerprint density at radius 1 is 0.909 bits per heavy atom. The second kappa shape index (κ2) is 6.47. The fourth-order valence-electron chi connectivity index (χ4n) is 2.59. The first-order valence-corrected chi connectivity index (χ1v) is 7.79. The first kappa shape index (κ1) is 15.0. The molecule has 0 bridgehead atoms. The third kappa shape index (κ3) is 3.13. The van der Waals surface area contributed by atoms with Crippen molar-refractivity contribution in [1.29, 1.82) is 0 Å². The van der Waals surface area contributed by atoms with E-state index in [-0.39, 0.29) is 0 Å². The highest BCUT2D eigenvalue weighted by Gasteiger charge is 2.02. The maximum absolute atomic E-state index is 6.22. The van der Waals surface area contributed by atoms with Gasteiger partial charge >= 0.3 is 0 Å². The highest BCUT2D eigenvalue weighted by Crippen LogP contribution is 2.19. The number of benzene rings is 2. The van der Waals surface area contributed by atoms with Gasteiger partial charge in [-0.05, 0) is 37.0 Å². The molecule has 3 aromatic rings. The number of fused-ring (bicyclic) bond motifs is 2. The minimum atomic E-state index is 0.742. The van der Waals surface area contributed by atoms with Crippen LogP contribution in [0.3, 0.4) is 0 Å². The molecule has 112 valence electrons. The smallest absolute Gasteiger partial charge is 0.0732 e. The van der Waals surface area contributed by atoms with Crippen LogP contribution in [0.5, 0.6) is 0 Å². The summed E-state index contributed by atoms with van der Waals surface area (Å²) in [5.74, 6) is 0. The lowest BCUT2D eigenvalue weighted by molar-refractivity contribution is 0.419. The van der Waals surface area contributed by atoms with E-state index in [2.05, 4.69) is 61.5 Å². The minimum Gasteiger partial charge on any atom is -0.308 e. The number of nitrogens with zero attached hydrogens (tertiary/aromatic N) is 2. The quantitative estimate of drug-likeness (QED) is 0.711. The molecule has 0 fully saturated rings. The van der Waals surface area contributed by atoms with Crippen LogP contribution in [0, 0.1) is 0 Å². The van der Waals surface area contributed by atoms with Crippen LogP contribution < -0.4 is 5.36 Å². The molecular formula is C19H19ClN2. The maximum Gasteiger partial charge on any atom is 0.0732 e. The number of hydrogen-bond donors (Lipinski definition) is 0. The van der Waals surface area contributed by atoms with Crippen LogP contribution in [-0.4, -0.2) is 32.1 Å². The topological polar surface area (TPSA) is 15.6 Å². The van der Waals surface area contributed by atoms with Crippen LogP contribution in [0.25, 0.3) is 21.5 Å². The lowest BCUT2D eigenvalue weighted by atomic mass is 10.1. The molecule has 0 saturated carbocycles. The van der Waals surface area contributed by atoms with E-state index in [0.717, 1.165) is 34.2 Å². The number of likely N-dealkylation sites (N-methyl/N-ethyl adjacent to an activating group) is 1. The van der Waals surface area contributed by atoms with E-state index in [9.17, 15) is 0 Å². The first-order chi connectivity index (χ1) is 10.6. The summed E-state index contributed by atoms with van der Waals surface area (Å²) in [6.07, 6.45) is 0. The zero-order chi connectivity index (χ0) is 15.5. The molecule has 0 atom stereocenters. The van der Waals surface area contributed by atoms with Crippen LogP contribution in [0.15, 0.2) is 59.6 Å². The Morgan fingerprint density at radius 3 is 2.36 bits per heavy atom. The third-order valence-corrected chi connectivity index (χ3v) is 3.98. The number of hydrogen-bond acceptors (Lipinski definition) is 2. The fourth-order valence-corrected chi connectivity index (χ4v) is 2.77. The van der Waals surface area contributed by atoms with E-state index in [0.29, 0.717) is 0 Å². The summed E-state index contributed by atoms with van der Waals surface area (Å²) in [6.45, 7) is 1.69. The van der Waals surface area contributed by atoms with Gasteiger partial charge in [0.2, 0.25) is 0 Å². The number of rotatable bonds is 3. The van der Waals surface area contributed by atoms with Crippen molar-refractivity contribution in [1.82, 2.24) is 4.90 Å². The molecule has 0 aromatic heterocycles. The van der Waals surface area contributed by atoms with Gasteiger partial charge in [-0.1, -0.05) is 54.1 Å². The first-order valence-electron chi connectivity index (χ1n) is 7.42. The standard InChI is InChI=1S/C19H19ClN2/c1-22(2)12-11-21-19-17-6-4-3-5-14(17)7-8-15-9-10-16(20)13-18(15)19/h3-10,13H,11-12H2,1-2H3. The molecule has 0 aliphatic rings. The van der Waals surface area contributed by atoms with Crippen LogP contribution >= 0.6 is 11.6 Å². The van der Waals surface area contributed by atoms with Crippen LogP contribution in [-0.2, 0) is 0 Å². The Morgan fingerprint density at radius 2 is 1.59 bits per heavy atom. The van der Waals surface area contributed by atoms with Gasteiger partial charge < -0.3 is 4.90 Å². The van der Waals surface area contributed by atoms with Crippen molar-refractivity contribution >= 4 is 33.1 Å². The monoisotopic (exact) mass is 310 g/mol. The number of halogens is 1. The second-order valence-electron chi connectivity index (χ2n) is 5.69. The summed E-state index contributed by atoms with van der Waals surface area (Å²) >= 11 is 6.22. The molecule has 0 N–H and O–H groups in total. The Bertz CT molecular complexity index is 885. The molecule has 0 radical (unpaired) electrons. The van der Waals surface area contributed by atoms with Gasteiger partial charge in [-0.2, -0.15) is 0 Å². The normalized spacial score (nSPS) is 12.5. The summed E-state index contributed by atoms with van der Waals surface area (Å²) < 4.78 is 0. The summed E-state index contributed by atoms with van der Waals surface area (Å²) in [5, 5.41) is 6.39. The zero-order valence-corrected chi connectivity index (χ0v) is 13.6. The lowest BCUT2D eigenvalue weighted by Gasteiger charge is -2.06. The van der Waals surface area contributed by atoms with E-state index in [1.165, 1.54) is 10.8 Å². The summed E-state index contributed by atoms with van der Waals surface area (Å²) in [7, 11) is 4.13. The lowest BCUT2D eigenvalue weighted by Crippen LogP contribution is -2.17. The highest BCUT2D eigenvalue weighted by molar-refractivity contribution is 6.31. The molecule has 0 amide bonds. The molecule has 0 saturated heterocycles. The average molecular weight is 311 g/mol. The average Bonchev–Trinajstić information content (AvgIpc) is 2.65. The van der Waals surface area contributed by atoms with Crippen molar-refractivity contribution in [2.45, 2.75) is 0 Å². The van der Waals surface area contributed by atoms with Crippen LogP contribution in [0.1, 0.15) is 0 Å².